The van der Waals surface area contributed by atoms with Gasteiger partial charge in [0.1, 0.15) is 0 Å². The van der Waals surface area contributed by atoms with E-state index in [1.807, 2.05) is 37.8 Å². The van der Waals surface area contributed by atoms with Crippen molar-refractivity contribution in [2.75, 3.05) is 16.4 Å². The minimum absolute atomic E-state index is 0.0620. The molecule has 2 aliphatic heterocycles. The molecule has 2 atom stereocenters. The lowest BCUT2D eigenvalue weighted by atomic mass is 10.0. The number of fused-ring (bicyclic) bond motifs is 1. The number of amides is 1. The molecule has 5 nitrogen and oxygen atoms in total. The van der Waals surface area contributed by atoms with Crippen molar-refractivity contribution in [3.05, 3.63) is 29.3 Å². The number of carbonyl (C=O) groups excluding carboxylic acids is 1. The molecule has 25 heavy (non-hydrogen) atoms. The van der Waals surface area contributed by atoms with Gasteiger partial charge in [0.15, 0.2) is 15.0 Å². The largest absolute Gasteiger partial charge is 0.315 e. The average molecular weight is 381 g/mol. The first-order valence-corrected chi connectivity index (χ1v) is 11.3. The van der Waals surface area contributed by atoms with Crippen molar-refractivity contribution >= 4 is 38.4 Å². The molecule has 2 heterocycles. The van der Waals surface area contributed by atoms with E-state index in [4.69, 9.17) is 0 Å². The van der Waals surface area contributed by atoms with Crippen LogP contribution in [0.2, 0.25) is 0 Å². The van der Waals surface area contributed by atoms with Gasteiger partial charge in [-0.1, -0.05) is 50.7 Å². The number of sulfone groups is 1. The summed E-state index contributed by atoms with van der Waals surface area (Å²) in [5.74, 6) is -0.0680. The quantitative estimate of drug-likeness (QED) is 0.807. The first-order valence-electron chi connectivity index (χ1n) is 8.61. The lowest BCUT2D eigenvalue weighted by Gasteiger charge is -2.28. The number of aliphatic imine (C=N–C) groups is 1. The number of hydrogen-bond donors (Lipinski definition) is 0. The number of thioether (sulfide) groups is 1. The maximum absolute atomic E-state index is 12.2. The standard InChI is InChI=1S/C18H24N2O3S2/c1-5-13-8-6-7-12(4)16(13)20-14-9-25(22,23)10-15(14)24-18(20)19-17(21)11(2)3/h6-8,11,14-15H,5,9-10H2,1-4H3/t14-,15-/m1/s1. The van der Waals surface area contributed by atoms with Crippen LogP contribution in [0.1, 0.15) is 31.9 Å². The van der Waals surface area contributed by atoms with Gasteiger partial charge in [-0.3, -0.25) is 4.79 Å². The number of anilines is 1. The van der Waals surface area contributed by atoms with E-state index in [-0.39, 0.29) is 34.6 Å². The Morgan fingerprint density at radius 1 is 1.36 bits per heavy atom. The Morgan fingerprint density at radius 2 is 2.08 bits per heavy atom. The van der Waals surface area contributed by atoms with E-state index in [2.05, 4.69) is 18.0 Å². The summed E-state index contributed by atoms with van der Waals surface area (Å²) in [4.78, 5) is 18.6. The van der Waals surface area contributed by atoms with Crippen LogP contribution in [0.25, 0.3) is 0 Å². The molecule has 7 heteroatoms. The van der Waals surface area contributed by atoms with Crippen LogP contribution in [0.4, 0.5) is 5.69 Å². The van der Waals surface area contributed by atoms with Crippen molar-refractivity contribution in [3.8, 4) is 0 Å². The summed E-state index contributed by atoms with van der Waals surface area (Å²) < 4.78 is 24.3. The zero-order valence-corrected chi connectivity index (χ0v) is 16.7. The van der Waals surface area contributed by atoms with Gasteiger partial charge in [-0.05, 0) is 24.5 Å². The van der Waals surface area contributed by atoms with Gasteiger partial charge in [-0.25, -0.2) is 8.42 Å². The van der Waals surface area contributed by atoms with E-state index in [0.717, 1.165) is 23.2 Å². The number of aryl methyl sites for hydroxylation is 2. The molecule has 0 bridgehead atoms. The summed E-state index contributed by atoms with van der Waals surface area (Å²) in [6, 6.07) is 5.95. The summed E-state index contributed by atoms with van der Waals surface area (Å²) in [7, 11) is -3.05. The van der Waals surface area contributed by atoms with Crippen LogP contribution in [0, 0.1) is 12.8 Å². The molecule has 1 aromatic carbocycles. The molecule has 3 rings (SSSR count). The highest BCUT2D eigenvalue weighted by Gasteiger charge is 2.50. The molecule has 0 unspecified atom stereocenters. The fraction of sp³-hybridized carbons (Fsp3) is 0.556. The van der Waals surface area contributed by atoms with Crippen molar-refractivity contribution in [2.45, 2.75) is 45.4 Å². The minimum Gasteiger partial charge on any atom is -0.315 e. The highest BCUT2D eigenvalue weighted by atomic mass is 32.2. The number of nitrogens with zero attached hydrogens (tertiary/aromatic N) is 2. The third kappa shape index (κ3) is 3.49. The minimum atomic E-state index is -3.05. The molecule has 0 saturated carbocycles. The van der Waals surface area contributed by atoms with E-state index in [1.54, 1.807) is 0 Å². The number of benzene rings is 1. The van der Waals surface area contributed by atoms with Crippen LogP contribution in [0.5, 0.6) is 0 Å². The normalized spacial score (nSPS) is 26.4. The number of rotatable bonds is 3. The predicted octanol–water partition coefficient (Wildman–Crippen LogP) is 2.81. The van der Waals surface area contributed by atoms with Crippen molar-refractivity contribution < 1.29 is 13.2 Å². The van der Waals surface area contributed by atoms with Gasteiger partial charge in [-0.2, -0.15) is 4.99 Å². The average Bonchev–Trinajstić information content (AvgIpc) is 2.98. The third-order valence-corrected chi connectivity index (χ3v) is 7.92. The zero-order chi connectivity index (χ0) is 18.4. The zero-order valence-electron chi connectivity index (χ0n) is 15.0. The SMILES string of the molecule is CCc1cccc(C)c1N1C(=NC(=O)C(C)C)S[C@@H]2CS(=O)(=O)C[C@H]21. The van der Waals surface area contributed by atoms with E-state index in [1.165, 1.54) is 11.8 Å². The van der Waals surface area contributed by atoms with Crippen LogP contribution in [-0.4, -0.2) is 42.3 Å². The Hall–Kier alpha value is -1.34. The first kappa shape index (κ1) is 18.5. The fourth-order valence-corrected chi connectivity index (χ4v) is 7.30. The molecule has 0 spiro atoms. The maximum Gasteiger partial charge on any atom is 0.250 e. The summed E-state index contributed by atoms with van der Waals surface area (Å²) in [5.41, 5.74) is 3.24. The highest BCUT2D eigenvalue weighted by molar-refractivity contribution is 8.16. The Bertz CT molecular complexity index is 831. The van der Waals surface area contributed by atoms with E-state index in [9.17, 15) is 13.2 Å². The predicted molar refractivity (Wildman–Crippen MR) is 104 cm³/mol. The molecule has 0 aliphatic carbocycles. The van der Waals surface area contributed by atoms with Crippen LogP contribution in [0.3, 0.4) is 0 Å². The van der Waals surface area contributed by atoms with E-state index >= 15 is 0 Å². The van der Waals surface area contributed by atoms with Gasteiger partial charge >= 0.3 is 0 Å². The van der Waals surface area contributed by atoms with Gasteiger partial charge in [-0.15, -0.1) is 0 Å². The smallest absolute Gasteiger partial charge is 0.250 e. The molecule has 1 amide bonds. The number of amidine groups is 1. The van der Waals surface area contributed by atoms with Crippen LogP contribution >= 0.6 is 11.8 Å². The van der Waals surface area contributed by atoms with Crippen molar-refractivity contribution in [1.82, 2.24) is 0 Å². The van der Waals surface area contributed by atoms with Gasteiger partial charge in [0, 0.05) is 16.9 Å². The Balaban J connectivity index is 2.12. The lowest BCUT2D eigenvalue weighted by Crippen LogP contribution is -2.39. The van der Waals surface area contributed by atoms with Gasteiger partial charge in [0.2, 0.25) is 0 Å². The summed E-state index contributed by atoms with van der Waals surface area (Å²) in [6.45, 7) is 7.76. The maximum atomic E-state index is 12.2. The molecule has 1 aromatic rings. The number of para-hydroxylation sites is 1. The summed E-state index contributed by atoms with van der Waals surface area (Å²) in [5, 5.41) is 0.584. The highest BCUT2D eigenvalue weighted by Crippen LogP contribution is 2.43. The Labute approximate surface area is 153 Å². The van der Waals surface area contributed by atoms with E-state index < -0.39 is 9.84 Å². The Morgan fingerprint density at radius 3 is 2.72 bits per heavy atom. The fourth-order valence-electron chi connectivity index (χ4n) is 3.40. The molecule has 136 valence electrons. The number of carbonyl (C=O) groups is 1. The van der Waals surface area contributed by atoms with Gasteiger partial charge in [0.05, 0.1) is 17.5 Å². The van der Waals surface area contributed by atoms with Gasteiger partial charge < -0.3 is 4.90 Å². The third-order valence-electron chi connectivity index (χ3n) is 4.71. The molecular formula is C18H24N2O3S2. The topological polar surface area (TPSA) is 66.8 Å². The van der Waals surface area contributed by atoms with Crippen molar-refractivity contribution in [2.24, 2.45) is 10.9 Å². The van der Waals surface area contributed by atoms with E-state index in [0.29, 0.717) is 5.17 Å². The summed E-state index contributed by atoms with van der Waals surface area (Å²) in [6.07, 6.45) is 0.841. The second-order valence-corrected chi connectivity index (χ2v) is 10.4. The number of hydrogen-bond acceptors (Lipinski definition) is 4. The molecule has 0 radical (unpaired) electrons. The van der Waals surface area contributed by atoms with Crippen molar-refractivity contribution in [1.29, 1.82) is 0 Å². The van der Waals surface area contributed by atoms with Crippen LogP contribution < -0.4 is 4.90 Å². The second kappa shape index (κ2) is 6.76. The summed E-state index contributed by atoms with van der Waals surface area (Å²) >= 11 is 1.44. The molecular weight excluding hydrogens is 356 g/mol. The molecule has 0 N–H and O–H groups in total. The molecule has 2 saturated heterocycles. The Kier molecular flexibility index (Phi) is 4.99. The lowest BCUT2D eigenvalue weighted by molar-refractivity contribution is -0.120. The van der Waals surface area contributed by atoms with Crippen molar-refractivity contribution in [3.63, 3.8) is 0 Å². The van der Waals surface area contributed by atoms with Gasteiger partial charge in [0.25, 0.3) is 5.91 Å². The first-order chi connectivity index (χ1) is 11.7. The molecule has 2 fully saturated rings. The monoisotopic (exact) mass is 380 g/mol. The molecule has 2 aliphatic rings. The van der Waals surface area contributed by atoms with Crippen LogP contribution in [0.15, 0.2) is 23.2 Å². The van der Waals surface area contributed by atoms with Crippen LogP contribution in [-0.2, 0) is 21.1 Å². The molecule has 0 aromatic heterocycles. The second-order valence-electron chi connectivity index (χ2n) is 6.99.